The molecular formula is C16H23NO2. The Morgan fingerprint density at radius 2 is 2.05 bits per heavy atom. The van der Waals surface area contributed by atoms with E-state index in [0.717, 1.165) is 29.7 Å². The zero-order chi connectivity index (χ0) is 13.7. The van der Waals surface area contributed by atoms with Crippen molar-refractivity contribution in [2.24, 2.45) is 0 Å². The highest BCUT2D eigenvalue weighted by molar-refractivity contribution is 5.79. The van der Waals surface area contributed by atoms with Crippen molar-refractivity contribution in [1.82, 2.24) is 5.32 Å². The SMILES string of the molecule is COc1ccc(C)cc1CC(=O)NC1CCCCC1. The van der Waals surface area contributed by atoms with Gasteiger partial charge in [0.2, 0.25) is 5.91 Å². The van der Waals surface area contributed by atoms with E-state index in [4.69, 9.17) is 4.74 Å². The van der Waals surface area contributed by atoms with Crippen molar-refractivity contribution in [2.75, 3.05) is 7.11 Å². The molecule has 3 nitrogen and oxygen atoms in total. The number of amides is 1. The van der Waals surface area contributed by atoms with E-state index < -0.39 is 0 Å². The van der Waals surface area contributed by atoms with E-state index in [9.17, 15) is 4.79 Å². The van der Waals surface area contributed by atoms with E-state index in [0.29, 0.717) is 12.5 Å². The van der Waals surface area contributed by atoms with Crippen LogP contribution >= 0.6 is 0 Å². The molecule has 104 valence electrons. The summed E-state index contributed by atoms with van der Waals surface area (Å²) in [6, 6.07) is 6.33. The first-order valence-electron chi connectivity index (χ1n) is 7.12. The Balaban J connectivity index is 1.95. The molecule has 0 radical (unpaired) electrons. The Morgan fingerprint density at radius 1 is 1.32 bits per heavy atom. The zero-order valence-corrected chi connectivity index (χ0v) is 11.9. The maximum absolute atomic E-state index is 12.1. The number of ether oxygens (including phenoxy) is 1. The smallest absolute Gasteiger partial charge is 0.224 e. The molecule has 0 unspecified atom stereocenters. The van der Waals surface area contributed by atoms with E-state index in [-0.39, 0.29) is 5.91 Å². The Morgan fingerprint density at radius 3 is 2.74 bits per heavy atom. The van der Waals surface area contributed by atoms with Crippen LogP contribution in [0.15, 0.2) is 18.2 Å². The van der Waals surface area contributed by atoms with Crippen LogP contribution in [0.2, 0.25) is 0 Å². The number of methoxy groups -OCH3 is 1. The molecule has 2 rings (SSSR count). The molecular weight excluding hydrogens is 238 g/mol. The van der Waals surface area contributed by atoms with Crippen LogP contribution in [-0.4, -0.2) is 19.1 Å². The lowest BCUT2D eigenvalue weighted by Crippen LogP contribution is -2.37. The lowest BCUT2D eigenvalue weighted by Gasteiger charge is -2.23. The van der Waals surface area contributed by atoms with Crippen molar-refractivity contribution >= 4 is 5.91 Å². The van der Waals surface area contributed by atoms with Crippen molar-refractivity contribution in [1.29, 1.82) is 0 Å². The maximum atomic E-state index is 12.1. The van der Waals surface area contributed by atoms with Gasteiger partial charge in [0.25, 0.3) is 0 Å². The number of hydrogen-bond donors (Lipinski definition) is 1. The van der Waals surface area contributed by atoms with E-state index in [1.165, 1.54) is 19.3 Å². The predicted molar refractivity (Wildman–Crippen MR) is 76.5 cm³/mol. The first-order valence-corrected chi connectivity index (χ1v) is 7.12. The van der Waals surface area contributed by atoms with Gasteiger partial charge in [-0.3, -0.25) is 4.79 Å². The Hall–Kier alpha value is -1.51. The summed E-state index contributed by atoms with van der Waals surface area (Å²) in [4.78, 5) is 12.1. The molecule has 0 aliphatic heterocycles. The normalized spacial score (nSPS) is 16.1. The highest BCUT2D eigenvalue weighted by atomic mass is 16.5. The number of rotatable bonds is 4. The summed E-state index contributed by atoms with van der Waals surface area (Å²) in [5.74, 6) is 0.903. The molecule has 1 saturated carbocycles. The van der Waals surface area contributed by atoms with Gasteiger partial charge >= 0.3 is 0 Å². The molecule has 1 aromatic carbocycles. The molecule has 0 heterocycles. The minimum Gasteiger partial charge on any atom is -0.496 e. The molecule has 0 spiro atoms. The topological polar surface area (TPSA) is 38.3 Å². The van der Waals surface area contributed by atoms with E-state index in [1.54, 1.807) is 7.11 Å². The lowest BCUT2D eigenvalue weighted by molar-refractivity contribution is -0.121. The Bertz CT molecular complexity index is 436. The summed E-state index contributed by atoms with van der Waals surface area (Å²) in [5, 5.41) is 3.14. The van der Waals surface area contributed by atoms with Gasteiger partial charge in [0, 0.05) is 11.6 Å². The molecule has 1 amide bonds. The third-order valence-electron chi connectivity index (χ3n) is 3.76. The van der Waals surface area contributed by atoms with Crippen molar-refractivity contribution in [3.05, 3.63) is 29.3 Å². The number of nitrogens with one attached hydrogen (secondary N) is 1. The molecule has 0 saturated heterocycles. The molecule has 0 aromatic heterocycles. The predicted octanol–water partition coefficient (Wildman–Crippen LogP) is 3.00. The van der Waals surface area contributed by atoms with Gasteiger partial charge in [-0.15, -0.1) is 0 Å². The van der Waals surface area contributed by atoms with Crippen LogP contribution in [0.1, 0.15) is 43.2 Å². The summed E-state index contributed by atoms with van der Waals surface area (Å²) in [6.07, 6.45) is 6.42. The Labute approximate surface area is 115 Å². The largest absolute Gasteiger partial charge is 0.496 e. The van der Waals surface area contributed by atoms with Crippen LogP contribution in [-0.2, 0) is 11.2 Å². The molecule has 0 atom stereocenters. The molecule has 1 aliphatic rings. The molecule has 1 aliphatic carbocycles. The van der Waals surface area contributed by atoms with Gasteiger partial charge in [-0.2, -0.15) is 0 Å². The zero-order valence-electron chi connectivity index (χ0n) is 11.9. The highest BCUT2D eigenvalue weighted by Crippen LogP contribution is 2.21. The van der Waals surface area contributed by atoms with Gasteiger partial charge in [-0.25, -0.2) is 0 Å². The monoisotopic (exact) mass is 261 g/mol. The fourth-order valence-electron chi connectivity index (χ4n) is 2.74. The fraction of sp³-hybridized carbons (Fsp3) is 0.562. The third kappa shape index (κ3) is 3.98. The molecule has 19 heavy (non-hydrogen) atoms. The van der Waals surface area contributed by atoms with Crippen molar-refractivity contribution in [3.63, 3.8) is 0 Å². The molecule has 1 aromatic rings. The van der Waals surface area contributed by atoms with E-state index in [1.807, 2.05) is 25.1 Å². The number of aryl methyl sites for hydroxylation is 1. The second-order valence-electron chi connectivity index (χ2n) is 5.39. The van der Waals surface area contributed by atoms with Gasteiger partial charge in [-0.1, -0.05) is 37.0 Å². The van der Waals surface area contributed by atoms with Crippen molar-refractivity contribution < 1.29 is 9.53 Å². The van der Waals surface area contributed by atoms with Gasteiger partial charge < -0.3 is 10.1 Å². The van der Waals surface area contributed by atoms with Crippen LogP contribution in [0.5, 0.6) is 5.75 Å². The van der Waals surface area contributed by atoms with Crippen molar-refractivity contribution in [3.8, 4) is 5.75 Å². The summed E-state index contributed by atoms with van der Waals surface area (Å²) in [7, 11) is 1.65. The highest BCUT2D eigenvalue weighted by Gasteiger charge is 2.16. The van der Waals surface area contributed by atoms with E-state index >= 15 is 0 Å². The minimum absolute atomic E-state index is 0.107. The summed E-state index contributed by atoms with van der Waals surface area (Å²) < 4.78 is 5.31. The van der Waals surface area contributed by atoms with Crippen LogP contribution in [0, 0.1) is 6.92 Å². The minimum atomic E-state index is 0.107. The molecule has 3 heteroatoms. The van der Waals surface area contributed by atoms with Gasteiger partial charge in [0.1, 0.15) is 5.75 Å². The van der Waals surface area contributed by atoms with Gasteiger partial charge in [-0.05, 0) is 25.8 Å². The fourth-order valence-corrected chi connectivity index (χ4v) is 2.74. The maximum Gasteiger partial charge on any atom is 0.224 e. The lowest BCUT2D eigenvalue weighted by atomic mass is 9.95. The van der Waals surface area contributed by atoms with Gasteiger partial charge in [0.15, 0.2) is 0 Å². The third-order valence-corrected chi connectivity index (χ3v) is 3.76. The average molecular weight is 261 g/mol. The van der Waals surface area contributed by atoms with Crippen LogP contribution in [0.4, 0.5) is 0 Å². The van der Waals surface area contributed by atoms with E-state index in [2.05, 4.69) is 5.32 Å². The second kappa shape index (κ2) is 6.60. The summed E-state index contributed by atoms with van der Waals surface area (Å²) >= 11 is 0. The number of benzene rings is 1. The van der Waals surface area contributed by atoms with Gasteiger partial charge in [0.05, 0.1) is 13.5 Å². The number of carbonyl (C=O) groups excluding carboxylic acids is 1. The van der Waals surface area contributed by atoms with Crippen LogP contribution < -0.4 is 10.1 Å². The first kappa shape index (κ1) is 13.9. The average Bonchev–Trinajstić information content (AvgIpc) is 2.40. The molecule has 0 bridgehead atoms. The standard InChI is InChI=1S/C16H23NO2/c1-12-8-9-15(19-2)13(10-12)11-16(18)17-14-6-4-3-5-7-14/h8-10,14H,3-7,11H2,1-2H3,(H,17,18). The quantitative estimate of drug-likeness (QED) is 0.905. The summed E-state index contributed by atoms with van der Waals surface area (Å²) in [5.41, 5.74) is 2.12. The van der Waals surface area contributed by atoms with Crippen LogP contribution in [0.25, 0.3) is 0 Å². The first-order chi connectivity index (χ1) is 9.19. The van der Waals surface area contributed by atoms with Crippen LogP contribution in [0.3, 0.4) is 0 Å². The molecule has 1 N–H and O–H groups in total. The van der Waals surface area contributed by atoms with Crippen molar-refractivity contribution in [2.45, 2.75) is 51.5 Å². The Kier molecular flexibility index (Phi) is 4.83. The summed E-state index contributed by atoms with van der Waals surface area (Å²) in [6.45, 7) is 2.03. The number of hydrogen-bond acceptors (Lipinski definition) is 2. The molecule has 1 fully saturated rings. The number of carbonyl (C=O) groups is 1. The second-order valence-corrected chi connectivity index (χ2v) is 5.39.